The van der Waals surface area contributed by atoms with Crippen molar-refractivity contribution < 1.29 is 5.11 Å². The van der Waals surface area contributed by atoms with Gasteiger partial charge in [-0.15, -0.1) is 0 Å². The summed E-state index contributed by atoms with van der Waals surface area (Å²) in [5.41, 5.74) is 1.16. The molecule has 1 aromatic heterocycles. The number of hydrogen-bond donors (Lipinski definition) is 2. The molecule has 94 valence electrons. The van der Waals surface area contributed by atoms with Crippen LogP contribution in [0.25, 0.3) is 0 Å². The zero-order valence-corrected chi connectivity index (χ0v) is 10.5. The number of halogens is 1. The first-order valence-corrected chi connectivity index (χ1v) is 6.04. The van der Waals surface area contributed by atoms with E-state index in [-0.39, 0.29) is 12.6 Å². The molecule has 0 spiro atoms. The van der Waals surface area contributed by atoms with Crippen molar-refractivity contribution in [1.29, 1.82) is 0 Å². The number of anilines is 1. The van der Waals surface area contributed by atoms with Gasteiger partial charge in [-0.1, -0.05) is 41.9 Å². The van der Waals surface area contributed by atoms with E-state index in [1.54, 1.807) is 6.07 Å². The first-order chi connectivity index (χ1) is 8.78. The molecule has 1 heterocycles. The summed E-state index contributed by atoms with van der Waals surface area (Å²) in [6, 6.07) is 11.5. The fourth-order valence-electron chi connectivity index (χ4n) is 1.68. The Morgan fingerprint density at radius 1 is 1.22 bits per heavy atom. The molecular weight excluding hydrogens is 250 g/mol. The lowest BCUT2D eigenvalue weighted by atomic mass is 10.1. The van der Waals surface area contributed by atoms with Crippen LogP contribution in [0.15, 0.2) is 42.7 Å². The number of nitrogens with zero attached hydrogens (tertiary/aromatic N) is 2. The number of benzene rings is 1. The summed E-state index contributed by atoms with van der Waals surface area (Å²) in [5, 5.41) is 12.9. The lowest BCUT2D eigenvalue weighted by molar-refractivity contribution is 0.273. The van der Waals surface area contributed by atoms with Crippen LogP contribution in [0.5, 0.6) is 0 Å². The van der Waals surface area contributed by atoms with E-state index in [2.05, 4.69) is 15.3 Å². The van der Waals surface area contributed by atoms with Gasteiger partial charge in [0.25, 0.3) is 0 Å². The molecule has 0 aliphatic carbocycles. The molecule has 1 unspecified atom stereocenters. The minimum Gasteiger partial charge on any atom is -0.394 e. The SMILES string of the molecule is OCC(Cc1ccccc1)Nc1cc(Cl)ncn1. The Hall–Kier alpha value is -1.65. The summed E-state index contributed by atoms with van der Waals surface area (Å²) in [4.78, 5) is 7.86. The predicted octanol–water partition coefficient (Wildman–Crippen LogP) is 2.15. The third kappa shape index (κ3) is 3.68. The summed E-state index contributed by atoms with van der Waals surface area (Å²) < 4.78 is 0. The minimum absolute atomic E-state index is 0.0243. The average molecular weight is 264 g/mol. The Bertz CT molecular complexity index is 493. The minimum atomic E-state index is -0.0987. The standard InChI is InChI=1S/C13H14ClN3O/c14-12-7-13(16-9-15-12)17-11(8-18)6-10-4-2-1-3-5-10/h1-5,7,9,11,18H,6,8H2,(H,15,16,17). The Morgan fingerprint density at radius 3 is 2.67 bits per heavy atom. The van der Waals surface area contributed by atoms with Gasteiger partial charge in [0.05, 0.1) is 12.6 Å². The van der Waals surface area contributed by atoms with Gasteiger partial charge in [0, 0.05) is 6.07 Å². The van der Waals surface area contributed by atoms with E-state index >= 15 is 0 Å². The summed E-state index contributed by atoms with van der Waals surface area (Å²) >= 11 is 5.78. The maximum atomic E-state index is 9.38. The molecule has 0 fully saturated rings. The molecular formula is C13H14ClN3O. The number of rotatable bonds is 5. The van der Waals surface area contributed by atoms with Crippen LogP contribution in [0.1, 0.15) is 5.56 Å². The first-order valence-electron chi connectivity index (χ1n) is 5.67. The second-order valence-corrected chi connectivity index (χ2v) is 4.33. The molecule has 0 aliphatic heterocycles. The molecule has 2 rings (SSSR count). The normalized spacial score (nSPS) is 12.1. The van der Waals surface area contributed by atoms with Gasteiger partial charge in [-0.2, -0.15) is 0 Å². The van der Waals surface area contributed by atoms with Crippen LogP contribution in [0.4, 0.5) is 5.82 Å². The van der Waals surface area contributed by atoms with Crippen molar-refractivity contribution in [3.05, 3.63) is 53.4 Å². The zero-order valence-electron chi connectivity index (χ0n) is 9.75. The highest BCUT2D eigenvalue weighted by Gasteiger charge is 2.09. The second kappa shape index (κ2) is 6.33. The molecule has 1 aromatic carbocycles. The van der Waals surface area contributed by atoms with Gasteiger partial charge in [-0.3, -0.25) is 0 Å². The average Bonchev–Trinajstić information content (AvgIpc) is 2.39. The highest BCUT2D eigenvalue weighted by atomic mass is 35.5. The summed E-state index contributed by atoms with van der Waals surface area (Å²) in [6.07, 6.45) is 2.11. The molecule has 0 radical (unpaired) electrons. The zero-order chi connectivity index (χ0) is 12.8. The Kier molecular flexibility index (Phi) is 4.50. The molecule has 0 aliphatic rings. The van der Waals surface area contributed by atoms with Gasteiger partial charge in [0.1, 0.15) is 17.3 Å². The highest BCUT2D eigenvalue weighted by Crippen LogP contribution is 2.12. The fraction of sp³-hybridized carbons (Fsp3) is 0.231. The number of aromatic nitrogens is 2. The third-order valence-electron chi connectivity index (χ3n) is 2.53. The van der Waals surface area contributed by atoms with Crippen molar-refractivity contribution in [1.82, 2.24) is 9.97 Å². The lowest BCUT2D eigenvalue weighted by Gasteiger charge is -2.16. The van der Waals surface area contributed by atoms with E-state index in [4.69, 9.17) is 11.6 Å². The maximum absolute atomic E-state index is 9.38. The van der Waals surface area contributed by atoms with Crippen LogP contribution >= 0.6 is 11.6 Å². The summed E-state index contributed by atoms with van der Waals surface area (Å²) in [5.74, 6) is 0.616. The van der Waals surface area contributed by atoms with E-state index in [0.29, 0.717) is 11.0 Å². The van der Waals surface area contributed by atoms with E-state index in [9.17, 15) is 5.11 Å². The largest absolute Gasteiger partial charge is 0.394 e. The molecule has 0 amide bonds. The van der Waals surface area contributed by atoms with Gasteiger partial charge >= 0.3 is 0 Å². The van der Waals surface area contributed by atoms with Gasteiger partial charge in [-0.25, -0.2) is 9.97 Å². The Balaban J connectivity index is 2.01. The van der Waals surface area contributed by atoms with Crippen molar-refractivity contribution in [3.63, 3.8) is 0 Å². The number of nitrogens with one attached hydrogen (secondary N) is 1. The van der Waals surface area contributed by atoms with E-state index < -0.39 is 0 Å². The molecule has 0 saturated carbocycles. The van der Waals surface area contributed by atoms with Gasteiger partial charge < -0.3 is 10.4 Å². The highest BCUT2D eigenvalue weighted by molar-refractivity contribution is 6.29. The summed E-state index contributed by atoms with van der Waals surface area (Å²) in [6.45, 7) is 0.0243. The van der Waals surface area contributed by atoms with Crippen LogP contribution in [0.3, 0.4) is 0 Å². The molecule has 1 atom stereocenters. The molecule has 5 heteroatoms. The smallest absolute Gasteiger partial charge is 0.134 e. The fourth-order valence-corrected chi connectivity index (χ4v) is 1.83. The van der Waals surface area contributed by atoms with Crippen LogP contribution in [-0.4, -0.2) is 27.7 Å². The van der Waals surface area contributed by atoms with Crippen molar-refractivity contribution in [3.8, 4) is 0 Å². The van der Waals surface area contributed by atoms with Crippen LogP contribution in [-0.2, 0) is 6.42 Å². The topological polar surface area (TPSA) is 58.0 Å². The number of aliphatic hydroxyl groups is 1. The first kappa shape index (κ1) is 12.8. The molecule has 0 bridgehead atoms. The monoisotopic (exact) mass is 263 g/mol. The molecule has 2 N–H and O–H groups in total. The number of aliphatic hydroxyl groups excluding tert-OH is 1. The van der Waals surface area contributed by atoms with Crippen LogP contribution in [0, 0.1) is 0 Å². The van der Waals surface area contributed by atoms with E-state index in [0.717, 1.165) is 12.0 Å². The van der Waals surface area contributed by atoms with Crippen LogP contribution < -0.4 is 5.32 Å². The maximum Gasteiger partial charge on any atom is 0.134 e. The molecule has 2 aromatic rings. The van der Waals surface area contributed by atoms with Crippen molar-refractivity contribution in [2.75, 3.05) is 11.9 Å². The Labute approximate surface area is 111 Å². The van der Waals surface area contributed by atoms with Crippen molar-refractivity contribution in [2.24, 2.45) is 0 Å². The van der Waals surface area contributed by atoms with E-state index in [1.165, 1.54) is 6.33 Å². The van der Waals surface area contributed by atoms with Crippen molar-refractivity contribution in [2.45, 2.75) is 12.5 Å². The second-order valence-electron chi connectivity index (χ2n) is 3.94. The predicted molar refractivity (Wildman–Crippen MR) is 71.7 cm³/mol. The van der Waals surface area contributed by atoms with E-state index in [1.807, 2.05) is 30.3 Å². The summed E-state index contributed by atoms with van der Waals surface area (Å²) in [7, 11) is 0. The third-order valence-corrected chi connectivity index (χ3v) is 2.74. The molecule has 0 saturated heterocycles. The van der Waals surface area contributed by atoms with Crippen molar-refractivity contribution >= 4 is 17.4 Å². The van der Waals surface area contributed by atoms with Gasteiger partial charge in [0.15, 0.2) is 0 Å². The quantitative estimate of drug-likeness (QED) is 0.812. The van der Waals surface area contributed by atoms with Gasteiger partial charge in [0.2, 0.25) is 0 Å². The van der Waals surface area contributed by atoms with Gasteiger partial charge in [-0.05, 0) is 12.0 Å². The molecule has 18 heavy (non-hydrogen) atoms. The lowest BCUT2D eigenvalue weighted by Crippen LogP contribution is -2.26. The Morgan fingerprint density at radius 2 is 2.00 bits per heavy atom. The molecule has 4 nitrogen and oxygen atoms in total. The van der Waals surface area contributed by atoms with Crippen LogP contribution in [0.2, 0.25) is 5.15 Å². The number of hydrogen-bond acceptors (Lipinski definition) is 4.